The van der Waals surface area contributed by atoms with Crippen LogP contribution in [0.5, 0.6) is 0 Å². The van der Waals surface area contributed by atoms with Gasteiger partial charge in [-0.3, -0.25) is 14.8 Å². The Morgan fingerprint density at radius 2 is 2.04 bits per heavy atom. The van der Waals surface area contributed by atoms with Crippen molar-refractivity contribution in [2.45, 2.75) is 63.6 Å². The second kappa shape index (κ2) is 9.08. The fraction of sp³-hybridized carbons (Fsp3) is 0.600. The first kappa shape index (κ1) is 21.7. The van der Waals surface area contributed by atoms with Crippen LogP contribution in [0.3, 0.4) is 0 Å². The summed E-state index contributed by atoms with van der Waals surface area (Å²) in [5, 5.41) is 11.9. The van der Waals surface area contributed by atoms with Crippen molar-refractivity contribution in [2.24, 2.45) is 5.41 Å². The number of hydrogen-bond acceptors (Lipinski definition) is 5. The standard InChI is InChI=1S/C20H31N3O3S/c1-13(2)21-8-9-23(18(24)12-20(3,4)5)15-6-7-16-14(10-15)11-17(27-16)19(25)22-26/h6-7,10,13,17,21,26H,8-9,11-12H2,1-5H3,(H,22,25). The van der Waals surface area contributed by atoms with Gasteiger partial charge >= 0.3 is 0 Å². The van der Waals surface area contributed by atoms with E-state index in [4.69, 9.17) is 5.21 Å². The lowest BCUT2D eigenvalue weighted by Crippen LogP contribution is -2.40. The van der Waals surface area contributed by atoms with Crippen LogP contribution in [0.15, 0.2) is 23.1 Å². The zero-order chi connectivity index (χ0) is 20.2. The third-order valence-electron chi connectivity index (χ3n) is 4.30. The molecule has 1 aromatic rings. The molecular formula is C20H31N3O3S. The van der Waals surface area contributed by atoms with E-state index < -0.39 is 0 Å². The smallest absolute Gasteiger partial charge is 0.257 e. The van der Waals surface area contributed by atoms with Crippen LogP contribution in [0.1, 0.15) is 46.6 Å². The Bertz CT molecular complexity index is 686. The summed E-state index contributed by atoms with van der Waals surface area (Å²) in [6.07, 6.45) is 1.02. The van der Waals surface area contributed by atoms with Crippen LogP contribution in [0.2, 0.25) is 0 Å². The van der Waals surface area contributed by atoms with Crippen molar-refractivity contribution in [3.05, 3.63) is 23.8 Å². The van der Waals surface area contributed by atoms with Crippen molar-refractivity contribution >= 4 is 29.3 Å². The maximum Gasteiger partial charge on any atom is 0.257 e. The minimum absolute atomic E-state index is 0.0856. The Morgan fingerprint density at radius 1 is 1.33 bits per heavy atom. The summed E-state index contributed by atoms with van der Waals surface area (Å²) in [5.41, 5.74) is 3.54. The van der Waals surface area contributed by atoms with Gasteiger partial charge in [0.25, 0.3) is 5.91 Å². The number of amides is 2. The van der Waals surface area contributed by atoms with E-state index in [2.05, 4.69) is 39.9 Å². The Kier molecular flexibility index (Phi) is 7.31. The number of hydroxylamine groups is 1. The molecule has 0 radical (unpaired) electrons. The summed E-state index contributed by atoms with van der Waals surface area (Å²) >= 11 is 1.44. The lowest BCUT2D eigenvalue weighted by molar-refractivity contribution is -0.128. The number of anilines is 1. The van der Waals surface area contributed by atoms with Crippen LogP contribution in [0.4, 0.5) is 5.69 Å². The summed E-state index contributed by atoms with van der Waals surface area (Å²) < 4.78 is 0. The monoisotopic (exact) mass is 393 g/mol. The molecule has 1 aliphatic heterocycles. The lowest BCUT2D eigenvalue weighted by atomic mass is 9.91. The number of carbonyl (C=O) groups excluding carboxylic acids is 2. The molecule has 3 N–H and O–H groups in total. The molecule has 1 unspecified atom stereocenters. The van der Waals surface area contributed by atoms with Crippen LogP contribution >= 0.6 is 11.8 Å². The van der Waals surface area contributed by atoms with E-state index >= 15 is 0 Å². The fourth-order valence-electron chi connectivity index (χ4n) is 3.03. The summed E-state index contributed by atoms with van der Waals surface area (Å²) in [7, 11) is 0. The van der Waals surface area contributed by atoms with Crippen LogP contribution in [-0.4, -0.2) is 41.4 Å². The van der Waals surface area contributed by atoms with Gasteiger partial charge in [0, 0.05) is 36.1 Å². The number of hydrogen-bond donors (Lipinski definition) is 3. The molecule has 150 valence electrons. The number of nitrogens with zero attached hydrogens (tertiary/aromatic N) is 1. The molecule has 27 heavy (non-hydrogen) atoms. The van der Waals surface area contributed by atoms with Crippen molar-refractivity contribution in [3.8, 4) is 0 Å². The van der Waals surface area contributed by atoms with Crippen LogP contribution in [0, 0.1) is 5.41 Å². The summed E-state index contributed by atoms with van der Waals surface area (Å²) in [5.74, 6) is -0.289. The van der Waals surface area contributed by atoms with E-state index in [-0.39, 0.29) is 22.5 Å². The molecule has 1 heterocycles. The van der Waals surface area contributed by atoms with Gasteiger partial charge in [-0.25, -0.2) is 5.48 Å². The molecule has 0 saturated carbocycles. The van der Waals surface area contributed by atoms with Crippen molar-refractivity contribution in [1.29, 1.82) is 0 Å². The van der Waals surface area contributed by atoms with Gasteiger partial charge in [0.05, 0.1) is 5.25 Å². The predicted molar refractivity (Wildman–Crippen MR) is 109 cm³/mol. The maximum absolute atomic E-state index is 12.9. The van der Waals surface area contributed by atoms with Gasteiger partial charge in [-0.15, -0.1) is 11.8 Å². The third kappa shape index (κ3) is 6.23. The van der Waals surface area contributed by atoms with Crippen LogP contribution in [-0.2, 0) is 16.0 Å². The molecule has 0 saturated heterocycles. The Labute approximate surface area is 166 Å². The summed E-state index contributed by atoms with van der Waals surface area (Å²) in [6, 6.07) is 6.27. The molecule has 1 aromatic carbocycles. The Morgan fingerprint density at radius 3 is 2.63 bits per heavy atom. The van der Waals surface area contributed by atoms with Crippen LogP contribution < -0.4 is 15.7 Å². The molecule has 2 rings (SSSR count). The molecule has 0 aliphatic carbocycles. The topological polar surface area (TPSA) is 81.7 Å². The van der Waals surface area contributed by atoms with E-state index in [0.717, 1.165) is 22.7 Å². The van der Waals surface area contributed by atoms with Gasteiger partial charge < -0.3 is 10.2 Å². The summed E-state index contributed by atoms with van der Waals surface area (Å²) in [4.78, 5) is 27.5. The highest BCUT2D eigenvalue weighted by molar-refractivity contribution is 8.01. The van der Waals surface area contributed by atoms with E-state index in [1.807, 2.05) is 23.1 Å². The molecule has 2 amide bonds. The molecule has 0 aromatic heterocycles. The molecule has 6 nitrogen and oxygen atoms in total. The molecule has 0 fully saturated rings. The lowest BCUT2D eigenvalue weighted by Gasteiger charge is -2.28. The molecule has 0 bridgehead atoms. The van der Waals surface area contributed by atoms with Crippen LogP contribution in [0.25, 0.3) is 0 Å². The largest absolute Gasteiger partial charge is 0.313 e. The zero-order valence-corrected chi connectivity index (χ0v) is 17.7. The zero-order valence-electron chi connectivity index (χ0n) is 16.8. The minimum atomic E-state index is -0.389. The first-order valence-electron chi connectivity index (χ1n) is 9.38. The van der Waals surface area contributed by atoms with Gasteiger partial charge in [0.2, 0.25) is 5.91 Å². The first-order valence-corrected chi connectivity index (χ1v) is 10.3. The molecule has 0 spiro atoms. The number of thioether (sulfide) groups is 1. The Hall–Kier alpha value is -1.57. The number of fused-ring (bicyclic) bond motifs is 1. The molecule has 1 aliphatic rings. The highest BCUT2D eigenvalue weighted by Crippen LogP contribution is 2.39. The Balaban J connectivity index is 2.20. The third-order valence-corrected chi connectivity index (χ3v) is 5.62. The maximum atomic E-state index is 12.9. The summed E-state index contributed by atoms with van der Waals surface area (Å²) in [6.45, 7) is 11.7. The number of benzene rings is 1. The quantitative estimate of drug-likeness (QED) is 0.490. The predicted octanol–water partition coefficient (Wildman–Crippen LogP) is 2.98. The second-order valence-electron chi connectivity index (χ2n) is 8.47. The molecular weight excluding hydrogens is 362 g/mol. The minimum Gasteiger partial charge on any atom is -0.313 e. The van der Waals surface area contributed by atoms with Crippen molar-refractivity contribution in [2.75, 3.05) is 18.0 Å². The van der Waals surface area contributed by atoms with E-state index in [9.17, 15) is 9.59 Å². The molecule has 7 heteroatoms. The SMILES string of the molecule is CC(C)NCCN(C(=O)CC(C)(C)C)c1ccc2c(c1)CC(C(=O)NO)S2. The van der Waals surface area contributed by atoms with Gasteiger partial charge in [-0.1, -0.05) is 34.6 Å². The van der Waals surface area contributed by atoms with E-state index in [0.29, 0.717) is 25.4 Å². The van der Waals surface area contributed by atoms with Gasteiger partial charge in [0.1, 0.15) is 0 Å². The van der Waals surface area contributed by atoms with Gasteiger partial charge in [-0.2, -0.15) is 0 Å². The van der Waals surface area contributed by atoms with Gasteiger partial charge in [0.15, 0.2) is 0 Å². The van der Waals surface area contributed by atoms with E-state index in [1.54, 1.807) is 5.48 Å². The highest BCUT2D eigenvalue weighted by Gasteiger charge is 2.29. The fourth-order valence-corrected chi connectivity index (χ4v) is 4.20. The van der Waals surface area contributed by atoms with Gasteiger partial charge in [-0.05, 0) is 35.6 Å². The van der Waals surface area contributed by atoms with Crippen molar-refractivity contribution in [1.82, 2.24) is 10.8 Å². The first-order chi connectivity index (χ1) is 12.6. The van der Waals surface area contributed by atoms with Crippen molar-refractivity contribution < 1.29 is 14.8 Å². The number of rotatable bonds is 7. The van der Waals surface area contributed by atoms with Crippen molar-refractivity contribution in [3.63, 3.8) is 0 Å². The number of carbonyl (C=O) groups is 2. The average molecular weight is 394 g/mol. The normalized spacial score (nSPS) is 16.3. The molecule has 1 atom stereocenters. The average Bonchev–Trinajstić information content (AvgIpc) is 2.99. The number of nitrogens with one attached hydrogen (secondary N) is 2. The van der Waals surface area contributed by atoms with E-state index in [1.165, 1.54) is 11.8 Å². The second-order valence-corrected chi connectivity index (χ2v) is 9.71. The highest BCUT2D eigenvalue weighted by atomic mass is 32.2.